The summed E-state index contributed by atoms with van der Waals surface area (Å²) in [7, 11) is -2.46. The van der Waals surface area contributed by atoms with E-state index in [9.17, 15) is 9.79 Å². The molecule has 0 aliphatic heterocycles. The normalized spacial score (nSPS) is 19.4. The lowest BCUT2D eigenvalue weighted by atomic mass is 9.68. The fourth-order valence-electron chi connectivity index (χ4n) is 6.68. The van der Waals surface area contributed by atoms with Crippen LogP contribution in [0.25, 0.3) is 0 Å². The summed E-state index contributed by atoms with van der Waals surface area (Å²) in [4.78, 5) is 20.2. The SMILES string of the molecule is CCCCCCCCCc1ccc(C2CCCCC2(OP(O)O)c2ccc(CCCCCCCCC)cc2)cc1. The summed E-state index contributed by atoms with van der Waals surface area (Å²) in [6, 6.07) is 18.0. The van der Waals surface area contributed by atoms with Crippen LogP contribution in [0.5, 0.6) is 0 Å². The predicted octanol–water partition coefficient (Wildman–Crippen LogP) is 11.1. The second-order valence-corrected chi connectivity index (χ2v) is 12.9. The quantitative estimate of drug-likeness (QED) is 0.123. The van der Waals surface area contributed by atoms with Gasteiger partial charge in [0.1, 0.15) is 5.60 Å². The van der Waals surface area contributed by atoms with Gasteiger partial charge in [0.25, 0.3) is 0 Å². The van der Waals surface area contributed by atoms with Gasteiger partial charge in [-0.3, -0.25) is 0 Å². The Bertz CT molecular complexity index is 911. The minimum atomic E-state index is -2.46. The number of unbranched alkanes of at least 4 members (excludes halogenated alkanes) is 12. The Morgan fingerprint density at radius 1 is 0.650 bits per heavy atom. The average Bonchev–Trinajstić information content (AvgIpc) is 2.97. The first kappa shape index (κ1) is 33.3. The third kappa shape index (κ3) is 10.9. The Morgan fingerprint density at radius 2 is 1.12 bits per heavy atom. The molecule has 1 fully saturated rings. The van der Waals surface area contributed by atoms with Gasteiger partial charge in [-0.2, -0.15) is 0 Å². The van der Waals surface area contributed by atoms with E-state index in [-0.39, 0.29) is 5.92 Å². The van der Waals surface area contributed by atoms with Gasteiger partial charge in [-0.25, -0.2) is 0 Å². The van der Waals surface area contributed by atoms with Crippen LogP contribution in [-0.4, -0.2) is 9.79 Å². The molecule has 2 N–H and O–H groups in total. The molecule has 1 aliphatic rings. The molecule has 1 aliphatic carbocycles. The van der Waals surface area contributed by atoms with Crippen LogP contribution in [0, 0.1) is 0 Å². The molecule has 0 saturated heterocycles. The zero-order chi connectivity index (χ0) is 28.5. The van der Waals surface area contributed by atoms with Gasteiger partial charge >= 0.3 is 8.60 Å². The van der Waals surface area contributed by atoms with E-state index in [0.717, 1.165) is 44.1 Å². The average molecular weight is 569 g/mol. The molecule has 2 unspecified atom stereocenters. The highest BCUT2D eigenvalue weighted by atomic mass is 31.2. The maximum atomic E-state index is 10.1. The van der Waals surface area contributed by atoms with Gasteiger partial charge in [0.05, 0.1) is 0 Å². The predicted molar refractivity (Wildman–Crippen MR) is 172 cm³/mol. The molecular formula is C36H57O3P. The second-order valence-electron chi connectivity index (χ2n) is 12.2. The first-order valence-corrected chi connectivity index (χ1v) is 17.8. The molecule has 3 rings (SSSR count). The van der Waals surface area contributed by atoms with Crippen molar-refractivity contribution in [3.63, 3.8) is 0 Å². The van der Waals surface area contributed by atoms with Crippen molar-refractivity contribution < 1.29 is 14.3 Å². The maximum absolute atomic E-state index is 10.1. The van der Waals surface area contributed by atoms with Crippen molar-refractivity contribution in [2.45, 2.75) is 154 Å². The zero-order valence-corrected chi connectivity index (χ0v) is 26.5. The van der Waals surface area contributed by atoms with Crippen LogP contribution in [0.1, 0.15) is 158 Å². The molecule has 4 heteroatoms. The number of rotatable bonds is 20. The lowest BCUT2D eigenvalue weighted by Gasteiger charge is -2.44. The molecular weight excluding hydrogens is 511 g/mol. The van der Waals surface area contributed by atoms with E-state index in [1.807, 2.05) is 0 Å². The van der Waals surface area contributed by atoms with E-state index in [1.54, 1.807) is 0 Å². The highest BCUT2D eigenvalue weighted by Crippen LogP contribution is 2.55. The Morgan fingerprint density at radius 3 is 1.62 bits per heavy atom. The van der Waals surface area contributed by atoms with E-state index in [2.05, 4.69) is 62.4 Å². The van der Waals surface area contributed by atoms with Gasteiger partial charge in [-0.05, 0) is 60.8 Å². The van der Waals surface area contributed by atoms with Crippen molar-refractivity contribution in [3.05, 3.63) is 70.8 Å². The van der Waals surface area contributed by atoms with Crippen molar-refractivity contribution in [2.24, 2.45) is 0 Å². The molecule has 1 saturated carbocycles. The maximum Gasteiger partial charge on any atom is 0.327 e. The summed E-state index contributed by atoms with van der Waals surface area (Å²) in [6.07, 6.45) is 24.9. The fourth-order valence-corrected chi connectivity index (χ4v) is 7.29. The van der Waals surface area contributed by atoms with Gasteiger partial charge in [-0.15, -0.1) is 0 Å². The number of aryl methyl sites for hydroxylation is 2. The van der Waals surface area contributed by atoms with Crippen LogP contribution in [0.4, 0.5) is 0 Å². The molecule has 0 amide bonds. The van der Waals surface area contributed by atoms with Crippen molar-refractivity contribution in [1.29, 1.82) is 0 Å². The minimum absolute atomic E-state index is 0.118. The molecule has 2 aromatic carbocycles. The second kappa shape index (κ2) is 19.0. The summed E-state index contributed by atoms with van der Waals surface area (Å²) < 4.78 is 6.14. The highest BCUT2D eigenvalue weighted by Gasteiger charge is 2.46. The fraction of sp³-hybridized carbons (Fsp3) is 0.667. The Kier molecular flexibility index (Phi) is 15.8. The van der Waals surface area contributed by atoms with E-state index >= 15 is 0 Å². The van der Waals surface area contributed by atoms with Crippen LogP contribution in [-0.2, 0) is 23.0 Å². The van der Waals surface area contributed by atoms with E-state index in [1.165, 1.54) is 107 Å². The lowest BCUT2D eigenvalue weighted by molar-refractivity contribution is -0.00613. The van der Waals surface area contributed by atoms with Crippen LogP contribution >= 0.6 is 8.60 Å². The first-order valence-electron chi connectivity index (χ1n) is 16.6. The molecule has 224 valence electrons. The number of hydrogen-bond donors (Lipinski definition) is 2. The van der Waals surface area contributed by atoms with E-state index < -0.39 is 14.2 Å². The third-order valence-electron chi connectivity index (χ3n) is 9.06. The molecule has 2 atom stereocenters. The van der Waals surface area contributed by atoms with Crippen LogP contribution in [0.15, 0.2) is 48.5 Å². The number of hydrogen-bond acceptors (Lipinski definition) is 3. The van der Waals surface area contributed by atoms with Crippen molar-refractivity contribution in [3.8, 4) is 0 Å². The molecule has 0 radical (unpaired) electrons. The minimum Gasteiger partial charge on any atom is -0.328 e. The standard InChI is InChI=1S/C36H57O3P/c1-3-5-7-9-11-13-15-19-31-22-26-33(27-23-31)35-21-17-18-30-36(35,39-40(37)38)34-28-24-32(25-29-34)20-16-14-12-10-8-6-4-2/h22-29,35,37-38H,3-21,30H2,1-2H3. The van der Waals surface area contributed by atoms with Gasteiger partial charge in [-0.1, -0.05) is 152 Å². The Balaban J connectivity index is 1.63. The Labute approximate surface area is 247 Å². The molecule has 3 nitrogen and oxygen atoms in total. The summed E-state index contributed by atoms with van der Waals surface area (Å²) in [6.45, 7) is 4.54. The highest BCUT2D eigenvalue weighted by molar-refractivity contribution is 7.39. The summed E-state index contributed by atoms with van der Waals surface area (Å²) in [5.74, 6) is 0.118. The summed E-state index contributed by atoms with van der Waals surface area (Å²) in [5, 5.41) is 0. The van der Waals surface area contributed by atoms with Gasteiger partial charge < -0.3 is 14.3 Å². The van der Waals surface area contributed by atoms with Crippen molar-refractivity contribution in [1.82, 2.24) is 0 Å². The Hall–Kier alpha value is -1.25. The summed E-state index contributed by atoms with van der Waals surface area (Å²) in [5.41, 5.74) is 4.42. The number of benzene rings is 2. The molecule has 2 aromatic rings. The summed E-state index contributed by atoms with van der Waals surface area (Å²) >= 11 is 0. The monoisotopic (exact) mass is 568 g/mol. The van der Waals surface area contributed by atoms with Gasteiger partial charge in [0, 0.05) is 5.92 Å². The zero-order valence-electron chi connectivity index (χ0n) is 25.6. The third-order valence-corrected chi connectivity index (χ3v) is 9.55. The molecule has 0 spiro atoms. The molecule has 0 aromatic heterocycles. The van der Waals surface area contributed by atoms with Crippen molar-refractivity contribution in [2.75, 3.05) is 0 Å². The van der Waals surface area contributed by atoms with Gasteiger partial charge in [0.15, 0.2) is 0 Å². The van der Waals surface area contributed by atoms with E-state index in [0.29, 0.717) is 0 Å². The van der Waals surface area contributed by atoms with E-state index in [4.69, 9.17) is 4.52 Å². The first-order chi connectivity index (χ1) is 19.6. The van der Waals surface area contributed by atoms with Crippen LogP contribution in [0.2, 0.25) is 0 Å². The van der Waals surface area contributed by atoms with Crippen molar-refractivity contribution >= 4 is 8.60 Å². The smallest absolute Gasteiger partial charge is 0.327 e. The molecule has 0 heterocycles. The topological polar surface area (TPSA) is 49.7 Å². The van der Waals surface area contributed by atoms with Crippen LogP contribution < -0.4 is 0 Å². The van der Waals surface area contributed by atoms with Gasteiger partial charge in [0.2, 0.25) is 0 Å². The lowest BCUT2D eigenvalue weighted by Crippen LogP contribution is -2.38. The van der Waals surface area contributed by atoms with Crippen LogP contribution in [0.3, 0.4) is 0 Å². The molecule has 40 heavy (non-hydrogen) atoms. The largest absolute Gasteiger partial charge is 0.328 e. The molecule has 0 bridgehead atoms.